The molecule has 0 amide bonds. The maximum absolute atomic E-state index is 12.5. The van der Waals surface area contributed by atoms with Crippen molar-refractivity contribution >= 4 is 22.4 Å². The van der Waals surface area contributed by atoms with Crippen LogP contribution in [0.1, 0.15) is 37.2 Å². The molecule has 1 aromatic rings. The smallest absolute Gasteiger partial charge is 0.290 e. The molecule has 2 heterocycles. The Bertz CT molecular complexity index is 818. The Balaban J connectivity index is 1.97. The first kappa shape index (κ1) is 15.8. The highest BCUT2D eigenvalue weighted by Gasteiger charge is 2.47. The molecule has 0 aromatic heterocycles. The second-order valence-electron chi connectivity index (χ2n) is 6.32. The van der Waals surface area contributed by atoms with E-state index in [4.69, 9.17) is 11.6 Å². The molecule has 1 aliphatic carbocycles. The molecule has 4 rings (SSSR count). The third kappa shape index (κ3) is 2.40. The maximum atomic E-state index is 12.5. The number of hydrogen-bond acceptors (Lipinski definition) is 4. The molecule has 0 bridgehead atoms. The third-order valence-electron chi connectivity index (χ3n) is 4.99. The van der Waals surface area contributed by atoms with Crippen molar-refractivity contribution in [1.29, 1.82) is 0 Å². The minimum Gasteiger partial charge on any atom is -0.332 e. The van der Waals surface area contributed by atoms with Gasteiger partial charge in [0.25, 0.3) is 5.70 Å². The lowest BCUT2D eigenvalue weighted by molar-refractivity contribution is -0.431. The molecule has 1 fully saturated rings. The molecule has 1 saturated heterocycles. The van der Waals surface area contributed by atoms with E-state index < -0.39 is 16.7 Å². The number of hydrogen-bond donors (Lipinski definition) is 0. The van der Waals surface area contributed by atoms with E-state index in [-0.39, 0.29) is 10.6 Å². The Hall–Kier alpha value is -1.66. The van der Waals surface area contributed by atoms with Gasteiger partial charge in [-0.3, -0.25) is 14.3 Å². The van der Waals surface area contributed by atoms with Gasteiger partial charge < -0.3 is 4.90 Å². The number of benzene rings is 1. The van der Waals surface area contributed by atoms with Crippen molar-refractivity contribution in [2.75, 3.05) is 12.3 Å². The zero-order valence-corrected chi connectivity index (χ0v) is 14.6. The van der Waals surface area contributed by atoms with Crippen LogP contribution in [0.5, 0.6) is 0 Å². The van der Waals surface area contributed by atoms with Gasteiger partial charge in [-0.25, -0.2) is 0 Å². The summed E-state index contributed by atoms with van der Waals surface area (Å²) in [5, 5.41) is 12.9. The fourth-order valence-electron chi connectivity index (χ4n) is 4.06. The lowest BCUT2D eigenvalue weighted by Gasteiger charge is -2.36. The summed E-state index contributed by atoms with van der Waals surface area (Å²) in [6.45, 7) is 0.611. The van der Waals surface area contributed by atoms with Gasteiger partial charge in [-0.1, -0.05) is 23.7 Å². The summed E-state index contributed by atoms with van der Waals surface area (Å²) in [6.07, 6.45) is 3.86. The normalized spacial score (nSPS) is 26.5. The molecular weight excluding hydrogens is 348 g/mol. The molecule has 0 N–H and O–H groups in total. The summed E-state index contributed by atoms with van der Waals surface area (Å²) >= 11 is 6.13. The predicted molar refractivity (Wildman–Crippen MR) is 93.4 cm³/mol. The van der Waals surface area contributed by atoms with Crippen LogP contribution in [0.2, 0.25) is 5.02 Å². The van der Waals surface area contributed by atoms with E-state index in [1.165, 1.54) is 0 Å². The molecule has 2 unspecified atom stereocenters. The topological polar surface area (TPSA) is 63.5 Å². The highest BCUT2D eigenvalue weighted by molar-refractivity contribution is 7.89. The van der Waals surface area contributed by atoms with Gasteiger partial charge in [0.1, 0.15) is 5.92 Å². The molecule has 0 spiro atoms. The van der Waals surface area contributed by atoms with Crippen molar-refractivity contribution in [2.45, 2.75) is 31.6 Å². The highest BCUT2D eigenvalue weighted by Crippen LogP contribution is 2.49. The molecule has 5 nitrogen and oxygen atoms in total. The number of halogens is 1. The van der Waals surface area contributed by atoms with Crippen LogP contribution >= 0.6 is 11.6 Å². The predicted octanol–water partition coefficient (Wildman–Crippen LogP) is 3.78. The molecule has 2 atom stereocenters. The molecular formula is C17H17ClN2O3S. The number of fused-ring (bicyclic) bond motifs is 2. The molecule has 3 aliphatic rings. The van der Waals surface area contributed by atoms with Gasteiger partial charge in [0.05, 0.1) is 15.7 Å². The fourth-order valence-corrected chi connectivity index (χ4v) is 5.67. The van der Waals surface area contributed by atoms with Crippen molar-refractivity contribution in [3.8, 4) is 0 Å². The Morgan fingerprint density at radius 1 is 1.29 bits per heavy atom. The van der Waals surface area contributed by atoms with Crippen LogP contribution in [0, 0.1) is 10.1 Å². The second kappa shape index (κ2) is 6.01. The van der Waals surface area contributed by atoms with Gasteiger partial charge in [0.15, 0.2) is 5.03 Å². The first-order chi connectivity index (χ1) is 11.6. The Kier molecular flexibility index (Phi) is 3.96. The Morgan fingerprint density at radius 2 is 2.08 bits per heavy atom. The maximum Gasteiger partial charge on any atom is 0.290 e. The average molecular weight is 365 g/mol. The van der Waals surface area contributed by atoms with E-state index >= 15 is 0 Å². The van der Waals surface area contributed by atoms with E-state index in [1.807, 2.05) is 17.0 Å². The molecule has 1 aromatic carbocycles. The van der Waals surface area contributed by atoms with Crippen LogP contribution in [0.15, 0.2) is 46.3 Å². The largest absolute Gasteiger partial charge is 0.332 e. The molecule has 0 radical (unpaired) electrons. The third-order valence-corrected chi connectivity index (χ3v) is 6.64. The quantitative estimate of drug-likeness (QED) is 0.591. The lowest BCUT2D eigenvalue weighted by Crippen LogP contribution is -2.32. The number of allylic oxidation sites excluding steroid dienone is 2. The Morgan fingerprint density at radius 3 is 2.83 bits per heavy atom. The van der Waals surface area contributed by atoms with Crippen LogP contribution < -0.4 is 0 Å². The van der Waals surface area contributed by atoms with Gasteiger partial charge >= 0.3 is 0 Å². The molecule has 24 heavy (non-hydrogen) atoms. The SMILES string of the molecule is O=[N+]([O-])C1=C2N(CCS2=O)C2=C(CCCC2)C1c1cccc(Cl)c1. The number of rotatable bonds is 2. The summed E-state index contributed by atoms with van der Waals surface area (Å²) < 4.78 is 12.5. The van der Waals surface area contributed by atoms with Crippen molar-refractivity contribution in [1.82, 2.24) is 4.90 Å². The van der Waals surface area contributed by atoms with Crippen LogP contribution in [-0.2, 0) is 10.8 Å². The summed E-state index contributed by atoms with van der Waals surface area (Å²) in [4.78, 5) is 13.5. The van der Waals surface area contributed by atoms with Crippen LogP contribution in [-0.4, -0.2) is 26.3 Å². The van der Waals surface area contributed by atoms with E-state index in [0.717, 1.165) is 42.5 Å². The van der Waals surface area contributed by atoms with Crippen molar-refractivity contribution in [2.24, 2.45) is 0 Å². The van der Waals surface area contributed by atoms with Crippen LogP contribution in [0.3, 0.4) is 0 Å². The van der Waals surface area contributed by atoms with Crippen LogP contribution in [0.25, 0.3) is 0 Å². The molecule has 7 heteroatoms. The van der Waals surface area contributed by atoms with E-state index in [0.29, 0.717) is 22.3 Å². The zero-order chi connectivity index (χ0) is 16.8. The van der Waals surface area contributed by atoms with Gasteiger partial charge in [-0.15, -0.1) is 0 Å². The summed E-state index contributed by atoms with van der Waals surface area (Å²) in [6, 6.07) is 7.26. The zero-order valence-electron chi connectivity index (χ0n) is 13.0. The molecule has 2 aliphatic heterocycles. The summed E-state index contributed by atoms with van der Waals surface area (Å²) in [5.74, 6) is 0.0217. The van der Waals surface area contributed by atoms with Gasteiger partial charge in [-0.2, -0.15) is 0 Å². The summed E-state index contributed by atoms with van der Waals surface area (Å²) in [7, 11) is -1.31. The first-order valence-corrected chi connectivity index (χ1v) is 9.79. The number of nitrogens with zero attached hydrogens (tertiary/aromatic N) is 2. The van der Waals surface area contributed by atoms with Crippen molar-refractivity contribution < 1.29 is 9.13 Å². The summed E-state index contributed by atoms with van der Waals surface area (Å²) in [5.41, 5.74) is 3.16. The van der Waals surface area contributed by atoms with Gasteiger partial charge in [-0.05, 0) is 49.0 Å². The standard InChI is InChI=1S/C17H17ClN2O3S/c18-12-5-3-4-11(10-12)15-13-6-1-2-7-14(13)19-8-9-24(23)17(19)16(15)20(21)22/h3-5,10,15H,1-2,6-9H2. The van der Waals surface area contributed by atoms with Crippen molar-refractivity contribution in [3.05, 3.63) is 67.0 Å². The number of nitro groups is 1. The second-order valence-corrected chi connectivity index (χ2v) is 8.24. The monoisotopic (exact) mass is 364 g/mol. The minimum absolute atomic E-state index is 0.0775. The molecule has 0 saturated carbocycles. The van der Waals surface area contributed by atoms with Gasteiger partial charge in [0, 0.05) is 23.0 Å². The van der Waals surface area contributed by atoms with Gasteiger partial charge in [0.2, 0.25) is 0 Å². The Labute approximate surface area is 147 Å². The van der Waals surface area contributed by atoms with E-state index in [2.05, 4.69) is 0 Å². The van der Waals surface area contributed by atoms with Crippen molar-refractivity contribution in [3.63, 3.8) is 0 Å². The fraction of sp³-hybridized carbons (Fsp3) is 0.412. The minimum atomic E-state index is -1.31. The lowest BCUT2D eigenvalue weighted by atomic mass is 9.79. The van der Waals surface area contributed by atoms with E-state index in [1.54, 1.807) is 12.1 Å². The highest BCUT2D eigenvalue weighted by atomic mass is 35.5. The first-order valence-electron chi connectivity index (χ1n) is 8.10. The van der Waals surface area contributed by atoms with E-state index in [9.17, 15) is 14.3 Å². The molecule has 126 valence electrons. The average Bonchev–Trinajstić information content (AvgIpc) is 2.95. The van der Waals surface area contributed by atoms with Crippen LogP contribution in [0.4, 0.5) is 0 Å².